The first-order valence-electron chi connectivity index (χ1n) is 5.04. The second-order valence-electron chi connectivity index (χ2n) is 3.53. The molecule has 0 radical (unpaired) electrons. The molecule has 1 heterocycles. The van der Waals surface area contributed by atoms with Crippen molar-refractivity contribution >= 4 is 17.2 Å². The van der Waals surface area contributed by atoms with E-state index >= 15 is 0 Å². The van der Waals surface area contributed by atoms with Crippen molar-refractivity contribution in [3.63, 3.8) is 0 Å². The Morgan fingerprint density at radius 2 is 2.00 bits per heavy atom. The molecule has 7 heteroatoms. The van der Waals surface area contributed by atoms with Gasteiger partial charge in [0.15, 0.2) is 0 Å². The summed E-state index contributed by atoms with van der Waals surface area (Å²) >= 11 is 0.997. The van der Waals surface area contributed by atoms with Crippen molar-refractivity contribution in [1.82, 2.24) is 10.3 Å². The minimum Gasteiger partial charge on any atom is -0.507 e. The maximum absolute atomic E-state index is 11.7. The molecule has 2 rings (SSSR count). The normalized spacial score (nSPS) is 10.2. The molecule has 0 fully saturated rings. The number of phenolic OH excluding ortho intramolecular Hbond substituents is 2. The van der Waals surface area contributed by atoms with E-state index in [4.69, 9.17) is 0 Å². The van der Waals surface area contributed by atoms with Gasteiger partial charge < -0.3 is 20.5 Å². The highest BCUT2D eigenvalue weighted by Gasteiger charge is 2.15. The van der Waals surface area contributed by atoms with Gasteiger partial charge in [-0.15, -0.1) is 0 Å². The first kappa shape index (κ1) is 12.2. The van der Waals surface area contributed by atoms with Gasteiger partial charge in [-0.25, -0.2) is 0 Å². The predicted octanol–water partition coefficient (Wildman–Crippen LogP) is 0.778. The number of carbonyl (C=O) groups is 1. The molecule has 94 valence electrons. The van der Waals surface area contributed by atoms with Crippen LogP contribution >= 0.6 is 11.3 Å². The third kappa shape index (κ3) is 2.51. The quantitative estimate of drug-likeness (QED) is 0.659. The summed E-state index contributed by atoms with van der Waals surface area (Å²) in [6.45, 7) is 0.116. The Balaban J connectivity index is 2.11. The average molecular weight is 266 g/mol. The number of phenols is 2. The van der Waals surface area contributed by atoms with Crippen molar-refractivity contribution in [2.45, 2.75) is 6.54 Å². The van der Waals surface area contributed by atoms with Crippen LogP contribution < -0.4 is 10.2 Å². The standard InChI is InChI=1S/C11H10N2O4S/c14-7-2-1-3-8(15)9(7)10(16)12-4-6-5-18-11(17)13-6/h1-3,5,14-15H,4H2,(H,12,16)(H,13,17). The summed E-state index contributed by atoms with van der Waals surface area (Å²) in [5.41, 5.74) is 0.378. The smallest absolute Gasteiger partial charge is 0.304 e. The first-order valence-corrected chi connectivity index (χ1v) is 5.91. The van der Waals surface area contributed by atoms with E-state index in [0.29, 0.717) is 5.69 Å². The second kappa shape index (κ2) is 4.92. The lowest BCUT2D eigenvalue weighted by molar-refractivity contribution is 0.0945. The minimum atomic E-state index is -0.613. The van der Waals surface area contributed by atoms with Crippen molar-refractivity contribution in [2.75, 3.05) is 0 Å². The molecule has 0 spiro atoms. The molecule has 4 N–H and O–H groups in total. The zero-order chi connectivity index (χ0) is 13.1. The lowest BCUT2D eigenvalue weighted by atomic mass is 10.1. The molecule has 2 aromatic rings. The number of hydrogen-bond acceptors (Lipinski definition) is 5. The summed E-state index contributed by atoms with van der Waals surface area (Å²) in [5, 5.41) is 23.1. The van der Waals surface area contributed by atoms with Gasteiger partial charge in [0.05, 0.1) is 6.54 Å². The molecule has 0 saturated carbocycles. The van der Waals surface area contributed by atoms with E-state index in [-0.39, 0.29) is 28.5 Å². The average Bonchev–Trinajstić information content (AvgIpc) is 2.72. The molecule has 18 heavy (non-hydrogen) atoms. The number of nitrogens with one attached hydrogen (secondary N) is 2. The van der Waals surface area contributed by atoms with E-state index in [1.165, 1.54) is 18.2 Å². The molecule has 6 nitrogen and oxygen atoms in total. The molecular formula is C11H10N2O4S. The van der Waals surface area contributed by atoms with Gasteiger partial charge in [0.1, 0.15) is 17.1 Å². The molecule has 0 saturated heterocycles. The molecule has 1 amide bonds. The van der Waals surface area contributed by atoms with E-state index in [9.17, 15) is 19.8 Å². The number of aromatic hydroxyl groups is 2. The fourth-order valence-electron chi connectivity index (χ4n) is 1.43. The number of hydrogen-bond donors (Lipinski definition) is 4. The maximum atomic E-state index is 11.7. The Kier molecular flexibility index (Phi) is 3.33. The number of thiazole rings is 1. The predicted molar refractivity (Wildman–Crippen MR) is 65.9 cm³/mol. The van der Waals surface area contributed by atoms with Crippen LogP contribution in [0.1, 0.15) is 16.1 Å². The number of aromatic nitrogens is 1. The van der Waals surface area contributed by atoms with Gasteiger partial charge in [0.2, 0.25) is 0 Å². The fourth-order valence-corrected chi connectivity index (χ4v) is 2.01. The van der Waals surface area contributed by atoms with Gasteiger partial charge in [0, 0.05) is 11.1 Å². The van der Waals surface area contributed by atoms with E-state index in [2.05, 4.69) is 10.3 Å². The number of rotatable bonds is 3. The van der Waals surface area contributed by atoms with Gasteiger partial charge in [-0.2, -0.15) is 0 Å². The monoisotopic (exact) mass is 266 g/mol. The zero-order valence-electron chi connectivity index (χ0n) is 9.14. The third-order valence-electron chi connectivity index (χ3n) is 2.26. The fraction of sp³-hybridized carbons (Fsp3) is 0.0909. The topological polar surface area (TPSA) is 102 Å². The van der Waals surface area contributed by atoms with Crippen LogP contribution in [0.2, 0.25) is 0 Å². The lowest BCUT2D eigenvalue weighted by Gasteiger charge is -2.07. The molecule has 0 atom stereocenters. The molecule has 0 unspecified atom stereocenters. The molecule has 0 aliphatic rings. The SMILES string of the molecule is O=C(NCc1csc(=O)[nH]1)c1c(O)cccc1O. The molecule has 0 bridgehead atoms. The van der Waals surface area contributed by atoms with Crippen LogP contribution in [-0.4, -0.2) is 21.1 Å². The third-order valence-corrected chi connectivity index (χ3v) is 2.98. The zero-order valence-corrected chi connectivity index (χ0v) is 9.95. The van der Waals surface area contributed by atoms with E-state index < -0.39 is 5.91 Å². The van der Waals surface area contributed by atoms with Crippen LogP contribution in [0.3, 0.4) is 0 Å². The molecule has 0 aliphatic carbocycles. The summed E-state index contributed by atoms with van der Waals surface area (Å²) in [6.07, 6.45) is 0. The van der Waals surface area contributed by atoms with Crippen LogP contribution in [0.15, 0.2) is 28.4 Å². The summed E-state index contributed by atoms with van der Waals surface area (Å²) in [7, 11) is 0. The van der Waals surface area contributed by atoms with Gasteiger partial charge in [-0.05, 0) is 12.1 Å². The number of amides is 1. The number of H-pyrrole nitrogens is 1. The van der Waals surface area contributed by atoms with Gasteiger partial charge in [-0.3, -0.25) is 9.59 Å². The van der Waals surface area contributed by atoms with Crippen molar-refractivity contribution < 1.29 is 15.0 Å². The number of aromatic amines is 1. The van der Waals surface area contributed by atoms with Crippen molar-refractivity contribution in [3.8, 4) is 11.5 Å². The summed E-state index contributed by atoms with van der Waals surface area (Å²) < 4.78 is 0. The van der Waals surface area contributed by atoms with Crippen LogP contribution in [0.4, 0.5) is 0 Å². The van der Waals surface area contributed by atoms with Crippen LogP contribution in [-0.2, 0) is 6.54 Å². The van der Waals surface area contributed by atoms with Gasteiger partial charge in [-0.1, -0.05) is 17.4 Å². The van der Waals surface area contributed by atoms with Gasteiger partial charge >= 0.3 is 4.87 Å². The van der Waals surface area contributed by atoms with E-state index in [1.54, 1.807) is 5.38 Å². The molecular weight excluding hydrogens is 256 g/mol. The Morgan fingerprint density at radius 3 is 2.56 bits per heavy atom. The van der Waals surface area contributed by atoms with E-state index in [0.717, 1.165) is 11.3 Å². The Morgan fingerprint density at radius 1 is 1.33 bits per heavy atom. The van der Waals surface area contributed by atoms with Crippen molar-refractivity contribution in [1.29, 1.82) is 0 Å². The Labute approximate surface area is 106 Å². The molecule has 1 aromatic heterocycles. The van der Waals surface area contributed by atoms with Crippen molar-refractivity contribution in [3.05, 3.63) is 44.5 Å². The first-order chi connectivity index (χ1) is 8.58. The van der Waals surface area contributed by atoms with Crippen LogP contribution in [0.5, 0.6) is 11.5 Å². The summed E-state index contributed by atoms with van der Waals surface area (Å²) in [4.78, 5) is 25.0. The van der Waals surface area contributed by atoms with Crippen LogP contribution in [0.25, 0.3) is 0 Å². The second-order valence-corrected chi connectivity index (χ2v) is 4.37. The van der Waals surface area contributed by atoms with E-state index in [1.807, 2.05) is 0 Å². The summed E-state index contributed by atoms with van der Waals surface area (Å²) in [5.74, 6) is -1.21. The van der Waals surface area contributed by atoms with Gasteiger partial charge in [0.25, 0.3) is 5.91 Å². The van der Waals surface area contributed by atoms with Crippen molar-refractivity contribution in [2.24, 2.45) is 0 Å². The largest absolute Gasteiger partial charge is 0.507 e. The Bertz CT molecular complexity index is 612. The minimum absolute atomic E-state index is 0.116. The lowest BCUT2D eigenvalue weighted by Crippen LogP contribution is -2.23. The number of benzene rings is 1. The van der Waals surface area contributed by atoms with Crippen LogP contribution in [0, 0.1) is 0 Å². The summed E-state index contributed by atoms with van der Waals surface area (Å²) in [6, 6.07) is 4.04. The molecule has 1 aromatic carbocycles. The number of carbonyl (C=O) groups excluding carboxylic acids is 1. The Hall–Kier alpha value is -2.28. The highest BCUT2D eigenvalue weighted by molar-refractivity contribution is 7.07. The highest BCUT2D eigenvalue weighted by Crippen LogP contribution is 2.25. The maximum Gasteiger partial charge on any atom is 0.304 e. The highest BCUT2D eigenvalue weighted by atomic mass is 32.1. The molecule has 0 aliphatic heterocycles.